The van der Waals surface area contributed by atoms with Gasteiger partial charge in [-0.25, -0.2) is 4.98 Å². The molecule has 3 aromatic rings. The second-order valence-electron chi connectivity index (χ2n) is 8.68. The lowest BCUT2D eigenvalue weighted by Crippen LogP contribution is -2.35. The van der Waals surface area contributed by atoms with Crippen molar-refractivity contribution in [3.63, 3.8) is 0 Å². The molecule has 2 aliphatic heterocycles. The number of hydrogen-bond acceptors (Lipinski definition) is 7. The first-order valence-corrected chi connectivity index (χ1v) is 11.8. The number of rotatable bonds is 6. The molecule has 2 amide bonds. The van der Waals surface area contributed by atoms with Gasteiger partial charge in [0, 0.05) is 42.5 Å². The van der Waals surface area contributed by atoms with Crippen molar-refractivity contribution < 1.29 is 19.1 Å². The Labute approximate surface area is 208 Å². The Morgan fingerprint density at radius 3 is 2.42 bits per heavy atom. The van der Waals surface area contributed by atoms with E-state index in [1.807, 2.05) is 60.7 Å². The van der Waals surface area contributed by atoms with Gasteiger partial charge in [0.2, 0.25) is 23.6 Å². The summed E-state index contributed by atoms with van der Waals surface area (Å²) >= 11 is 0. The molecule has 1 fully saturated rings. The maximum Gasteiger partial charge on any atom is 0.245 e. The molecule has 9 nitrogen and oxygen atoms in total. The predicted octanol–water partition coefficient (Wildman–Crippen LogP) is 4.26. The van der Waals surface area contributed by atoms with Crippen LogP contribution in [0.25, 0.3) is 22.8 Å². The molecule has 36 heavy (non-hydrogen) atoms. The molecule has 0 radical (unpaired) electrons. The van der Waals surface area contributed by atoms with Gasteiger partial charge in [-0.2, -0.15) is 0 Å². The summed E-state index contributed by atoms with van der Waals surface area (Å²) in [6.45, 7) is 2.82. The summed E-state index contributed by atoms with van der Waals surface area (Å²) < 4.78 is 5.96. The molecule has 0 bridgehead atoms. The number of hydrogen-bond donors (Lipinski definition) is 4. The van der Waals surface area contributed by atoms with Crippen LogP contribution in [-0.2, 0) is 9.59 Å². The Morgan fingerprint density at radius 2 is 1.75 bits per heavy atom. The van der Waals surface area contributed by atoms with E-state index in [9.17, 15) is 14.7 Å². The van der Waals surface area contributed by atoms with Crippen LogP contribution in [0.3, 0.4) is 0 Å². The highest BCUT2D eigenvalue weighted by molar-refractivity contribution is 5.96. The second-order valence-corrected chi connectivity index (χ2v) is 8.68. The van der Waals surface area contributed by atoms with Crippen LogP contribution in [0, 0.1) is 0 Å². The van der Waals surface area contributed by atoms with Crippen molar-refractivity contribution in [2.45, 2.75) is 25.8 Å². The first-order chi connectivity index (χ1) is 17.5. The lowest BCUT2D eigenvalue weighted by Gasteiger charge is -2.17. The number of carbonyl (C=O) groups is 2. The highest BCUT2D eigenvalue weighted by Crippen LogP contribution is 2.29. The van der Waals surface area contributed by atoms with E-state index in [0.29, 0.717) is 48.2 Å². The summed E-state index contributed by atoms with van der Waals surface area (Å²) in [5, 5.41) is 19.4. The topological polar surface area (TPSA) is 120 Å². The molecule has 1 saturated heterocycles. The van der Waals surface area contributed by atoms with E-state index >= 15 is 0 Å². The highest BCUT2D eigenvalue weighted by atomic mass is 16.4. The van der Waals surface area contributed by atoms with E-state index in [4.69, 9.17) is 4.42 Å². The molecule has 1 aromatic heterocycles. The average Bonchev–Trinajstić information content (AvgIpc) is 3.67. The monoisotopic (exact) mass is 485 g/mol. The largest absolute Gasteiger partial charge is 0.493 e. The van der Waals surface area contributed by atoms with Crippen molar-refractivity contribution >= 4 is 23.2 Å². The van der Waals surface area contributed by atoms with Gasteiger partial charge in [-0.3, -0.25) is 14.9 Å². The molecule has 0 aliphatic carbocycles. The molecule has 0 spiro atoms. The third kappa shape index (κ3) is 5.01. The quantitative estimate of drug-likeness (QED) is 0.304. The predicted molar refractivity (Wildman–Crippen MR) is 137 cm³/mol. The molecule has 0 unspecified atom stereocenters. The Hall–Kier alpha value is -4.37. The van der Waals surface area contributed by atoms with Crippen LogP contribution in [0.5, 0.6) is 0 Å². The summed E-state index contributed by atoms with van der Waals surface area (Å²) in [5.74, 6) is 0.892. The minimum absolute atomic E-state index is 0.00647. The van der Waals surface area contributed by atoms with Gasteiger partial charge in [0.1, 0.15) is 6.04 Å². The molecule has 9 heteroatoms. The molecule has 2 aliphatic rings. The van der Waals surface area contributed by atoms with Crippen LogP contribution in [0.15, 0.2) is 82.9 Å². The Morgan fingerprint density at radius 1 is 1.06 bits per heavy atom. The average molecular weight is 486 g/mol. The maximum atomic E-state index is 12.2. The fourth-order valence-corrected chi connectivity index (χ4v) is 4.30. The molecule has 0 saturated carbocycles. The summed E-state index contributed by atoms with van der Waals surface area (Å²) in [7, 11) is 0. The Kier molecular flexibility index (Phi) is 6.55. The number of amides is 2. The fourth-order valence-electron chi connectivity index (χ4n) is 4.30. The number of aliphatic hydroxyl groups excluding tert-OH is 1. The molecule has 3 heterocycles. The minimum atomic E-state index is -0.306. The van der Waals surface area contributed by atoms with Crippen LogP contribution in [-0.4, -0.2) is 45.9 Å². The molecular weight excluding hydrogens is 458 g/mol. The SMILES string of the molecule is CC(=O)N1CCC/C1=C(\O)Nc1ccc(-c2cnc(-c3ccc(NC(=O)[C@@H]4C=CCN4)cc3)o2)cc1. The Bertz CT molecular complexity index is 1320. The van der Waals surface area contributed by atoms with Crippen LogP contribution in [0.2, 0.25) is 0 Å². The van der Waals surface area contributed by atoms with E-state index < -0.39 is 0 Å². The zero-order valence-electron chi connectivity index (χ0n) is 19.8. The first kappa shape index (κ1) is 23.4. The van der Waals surface area contributed by atoms with Gasteiger partial charge in [0.25, 0.3) is 0 Å². The van der Waals surface area contributed by atoms with Crippen molar-refractivity contribution in [3.05, 3.63) is 78.5 Å². The first-order valence-electron chi connectivity index (χ1n) is 11.8. The molecule has 1 atom stereocenters. The number of nitrogens with zero attached hydrogens (tertiary/aromatic N) is 2. The highest BCUT2D eigenvalue weighted by Gasteiger charge is 2.24. The van der Waals surface area contributed by atoms with E-state index in [1.54, 1.807) is 11.1 Å². The van der Waals surface area contributed by atoms with Crippen LogP contribution in [0.4, 0.5) is 11.4 Å². The number of likely N-dealkylation sites (tertiary alicyclic amines) is 1. The van der Waals surface area contributed by atoms with Crippen LogP contribution >= 0.6 is 0 Å². The summed E-state index contributed by atoms with van der Waals surface area (Å²) in [5.41, 5.74) is 3.63. The van der Waals surface area contributed by atoms with Crippen molar-refractivity contribution in [1.29, 1.82) is 0 Å². The van der Waals surface area contributed by atoms with E-state index in [2.05, 4.69) is 20.9 Å². The summed E-state index contributed by atoms with van der Waals surface area (Å²) in [4.78, 5) is 30.0. The lowest BCUT2D eigenvalue weighted by molar-refractivity contribution is -0.126. The standard InChI is InChI=1S/C27H27N5O4/c1-17(33)32-15-3-5-23(32)26(35)31-21-10-6-18(7-11-21)24-16-29-27(36-24)19-8-12-20(13-9-19)30-25(34)22-4-2-14-28-22/h2,4,6-13,16,22,28,31,35H,3,5,14-15H2,1H3,(H,30,34)/b26-23+/t22-/m0/s1. The zero-order chi connectivity index (χ0) is 25.1. The second kappa shape index (κ2) is 10.1. The lowest BCUT2D eigenvalue weighted by atomic mass is 10.1. The van der Waals surface area contributed by atoms with Gasteiger partial charge < -0.3 is 25.1 Å². The molecule has 2 aromatic carbocycles. The third-order valence-corrected chi connectivity index (χ3v) is 6.18. The van der Waals surface area contributed by atoms with Gasteiger partial charge in [-0.05, 0) is 61.4 Å². The van der Waals surface area contributed by atoms with Gasteiger partial charge >= 0.3 is 0 Å². The number of oxazole rings is 1. The zero-order valence-corrected chi connectivity index (χ0v) is 19.8. The third-order valence-electron chi connectivity index (χ3n) is 6.18. The minimum Gasteiger partial charge on any atom is -0.493 e. The number of benzene rings is 2. The number of aliphatic hydroxyl groups is 1. The molecular formula is C27H27N5O4. The van der Waals surface area contributed by atoms with Crippen LogP contribution in [0.1, 0.15) is 19.8 Å². The summed E-state index contributed by atoms with van der Waals surface area (Å²) in [6.07, 6.45) is 6.92. The van der Waals surface area contributed by atoms with Gasteiger partial charge in [0.05, 0.1) is 11.9 Å². The smallest absolute Gasteiger partial charge is 0.245 e. The molecule has 184 valence electrons. The van der Waals surface area contributed by atoms with Crippen molar-refractivity contribution in [3.8, 4) is 22.8 Å². The molecule has 4 N–H and O–H groups in total. The molecule has 5 rings (SSSR count). The van der Waals surface area contributed by atoms with Crippen molar-refractivity contribution in [2.24, 2.45) is 0 Å². The maximum absolute atomic E-state index is 12.2. The number of allylic oxidation sites excluding steroid dienone is 1. The number of nitrogens with one attached hydrogen (secondary N) is 3. The number of carbonyl (C=O) groups excluding carboxylic acids is 2. The summed E-state index contributed by atoms with van der Waals surface area (Å²) in [6, 6.07) is 14.4. The number of aromatic nitrogens is 1. The van der Waals surface area contributed by atoms with E-state index in [-0.39, 0.29) is 23.7 Å². The van der Waals surface area contributed by atoms with E-state index in [0.717, 1.165) is 17.5 Å². The van der Waals surface area contributed by atoms with Crippen LogP contribution < -0.4 is 16.0 Å². The fraction of sp³-hybridized carbons (Fsp3) is 0.222. The van der Waals surface area contributed by atoms with Gasteiger partial charge in [0.15, 0.2) is 5.76 Å². The van der Waals surface area contributed by atoms with Crippen molar-refractivity contribution in [1.82, 2.24) is 15.2 Å². The normalized spacial score (nSPS) is 18.4. The van der Waals surface area contributed by atoms with Crippen molar-refractivity contribution in [2.75, 3.05) is 23.7 Å². The van der Waals surface area contributed by atoms with Gasteiger partial charge in [-0.1, -0.05) is 12.2 Å². The van der Waals surface area contributed by atoms with Gasteiger partial charge in [-0.15, -0.1) is 0 Å². The number of anilines is 2. The Balaban J connectivity index is 1.24. The van der Waals surface area contributed by atoms with E-state index in [1.165, 1.54) is 6.92 Å².